The number of anilines is 1. The van der Waals surface area contributed by atoms with E-state index >= 15 is 0 Å². The van der Waals surface area contributed by atoms with Gasteiger partial charge in [0.15, 0.2) is 0 Å². The zero-order valence-electron chi connectivity index (χ0n) is 20.2. The summed E-state index contributed by atoms with van der Waals surface area (Å²) in [6.07, 6.45) is 4.15. The molecule has 182 valence electrons. The lowest BCUT2D eigenvalue weighted by molar-refractivity contribution is 0.0731. The molecule has 0 saturated carbocycles. The molecule has 1 aromatic heterocycles. The Hall–Kier alpha value is -3.81. The quantitative estimate of drug-likeness (QED) is 0.521. The van der Waals surface area contributed by atoms with Crippen LogP contribution in [0.2, 0.25) is 0 Å². The van der Waals surface area contributed by atoms with Crippen LogP contribution in [0.15, 0.2) is 48.5 Å². The van der Waals surface area contributed by atoms with Crippen molar-refractivity contribution in [2.75, 3.05) is 38.8 Å². The van der Waals surface area contributed by atoms with Crippen LogP contribution in [-0.4, -0.2) is 54.6 Å². The van der Waals surface area contributed by atoms with E-state index in [1.165, 1.54) is 6.42 Å². The van der Waals surface area contributed by atoms with Crippen LogP contribution in [0.3, 0.4) is 0 Å². The third-order valence-corrected chi connectivity index (χ3v) is 6.49. The van der Waals surface area contributed by atoms with Crippen LogP contribution in [0.1, 0.15) is 40.9 Å². The highest BCUT2D eigenvalue weighted by Gasteiger charge is 2.29. The van der Waals surface area contributed by atoms with Gasteiger partial charge in [0.2, 0.25) is 11.8 Å². The van der Waals surface area contributed by atoms with E-state index < -0.39 is 0 Å². The van der Waals surface area contributed by atoms with Gasteiger partial charge in [0.05, 0.1) is 32.0 Å². The third kappa shape index (κ3) is 5.01. The van der Waals surface area contributed by atoms with Gasteiger partial charge in [-0.25, -0.2) is 4.98 Å². The number of methoxy groups -OCH3 is 2. The number of benzene rings is 2. The maximum Gasteiger partial charge on any atom is 0.254 e. The summed E-state index contributed by atoms with van der Waals surface area (Å²) in [4.78, 5) is 27.3. The Morgan fingerprint density at radius 2 is 1.57 bits per heavy atom. The Morgan fingerprint density at radius 1 is 0.857 bits per heavy atom. The molecule has 2 aromatic carbocycles. The molecule has 3 aromatic rings. The second-order valence-electron chi connectivity index (χ2n) is 8.79. The summed E-state index contributed by atoms with van der Waals surface area (Å²) in [5.74, 6) is 2.99. The molecule has 1 fully saturated rings. The molecule has 3 heterocycles. The van der Waals surface area contributed by atoms with Crippen molar-refractivity contribution >= 4 is 11.9 Å². The number of nitrogens with zero attached hydrogens (tertiary/aromatic N) is 4. The number of carbonyl (C=O) groups excluding carboxylic acids is 1. The minimum atomic E-state index is -0.0985. The number of amides is 1. The molecule has 5 rings (SSSR count). The minimum absolute atomic E-state index is 0.0985. The molecule has 2 aliphatic rings. The molecule has 0 atom stereocenters. The van der Waals surface area contributed by atoms with Gasteiger partial charge >= 0.3 is 0 Å². The Labute approximate surface area is 205 Å². The zero-order valence-corrected chi connectivity index (χ0v) is 20.2. The van der Waals surface area contributed by atoms with Crippen molar-refractivity contribution in [3.63, 3.8) is 0 Å². The number of para-hydroxylation sites is 1. The molecule has 0 bridgehead atoms. The lowest BCUT2D eigenvalue weighted by Crippen LogP contribution is -2.37. The summed E-state index contributed by atoms with van der Waals surface area (Å²) in [6, 6.07) is 14.8. The topological polar surface area (TPSA) is 77.0 Å². The van der Waals surface area contributed by atoms with Crippen LogP contribution < -0.4 is 19.1 Å². The van der Waals surface area contributed by atoms with Gasteiger partial charge < -0.3 is 24.0 Å². The number of rotatable bonds is 6. The fraction of sp³-hybridized carbons (Fsp3) is 0.370. The summed E-state index contributed by atoms with van der Waals surface area (Å²) in [7, 11) is 3.15. The van der Waals surface area contributed by atoms with Gasteiger partial charge in [-0.1, -0.05) is 18.2 Å². The SMILES string of the molecule is COc1cc(OC)cc(C(=O)N2CCc3nc(N4CCCCC4)nc(Oc4ccccc4)c3C2)c1. The normalized spacial score (nSPS) is 15.4. The molecule has 35 heavy (non-hydrogen) atoms. The summed E-state index contributed by atoms with van der Waals surface area (Å²) < 4.78 is 17.0. The van der Waals surface area contributed by atoms with Crippen LogP contribution in [0.4, 0.5) is 5.95 Å². The zero-order chi connectivity index (χ0) is 24.2. The molecular weight excluding hydrogens is 444 g/mol. The van der Waals surface area contributed by atoms with E-state index in [9.17, 15) is 4.79 Å². The molecule has 1 amide bonds. The molecule has 8 nitrogen and oxygen atoms in total. The monoisotopic (exact) mass is 474 g/mol. The first-order valence-electron chi connectivity index (χ1n) is 12.0. The highest BCUT2D eigenvalue weighted by molar-refractivity contribution is 5.95. The van der Waals surface area contributed by atoms with Gasteiger partial charge in [-0.3, -0.25) is 4.79 Å². The standard InChI is InChI=1S/C27H30N4O4/c1-33-21-15-19(16-22(17-21)34-2)26(32)31-14-11-24-23(18-31)25(35-20-9-5-3-6-10-20)29-27(28-24)30-12-7-4-8-13-30/h3,5-6,9-10,15-17H,4,7-8,11-14,18H2,1-2H3. The van der Waals surface area contributed by atoms with E-state index in [4.69, 9.17) is 24.2 Å². The van der Waals surface area contributed by atoms with Crippen LogP contribution >= 0.6 is 0 Å². The Bertz CT molecular complexity index is 1170. The summed E-state index contributed by atoms with van der Waals surface area (Å²) in [6.45, 7) is 2.83. The van der Waals surface area contributed by atoms with Gasteiger partial charge in [0, 0.05) is 37.7 Å². The second-order valence-corrected chi connectivity index (χ2v) is 8.79. The Kier molecular flexibility index (Phi) is 6.70. The molecule has 1 saturated heterocycles. The van der Waals surface area contributed by atoms with Crippen molar-refractivity contribution in [2.24, 2.45) is 0 Å². The van der Waals surface area contributed by atoms with Gasteiger partial charge in [-0.15, -0.1) is 0 Å². The Morgan fingerprint density at radius 3 is 2.26 bits per heavy atom. The number of carbonyl (C=O) groups is 1. The van der Waals surface area contributed by atoms with Crippen molar-refractivity contribution in [1.82, 2.24) is 14.9 Å². The van der Waals surface area contributed by atoms with Gasteiger partial charge in [-0.2, -0.15) is 4.98 Å². The van der Waals surface area contributed by atoms with Crippen molar-refractivity contribution in [3.8, 4) is 23.1 Å². The lowest BCUT2D eigenvalue weighted by Gasteiger charge is -2.32. The van der Waals surface area contributed by atoms with E-state index in [0.717, 1.165) is 37.2 Å². The number of aromatic nitrogens is 2. The average molecular weight is 475 g/mol. The van der Waals surface area contributed by atoms with Crippen LogP contribution in [0.25, 0.3) is 0 Å². The van der Waals surface area contributed by atoms with Gasteiger partial charge in [0.1, 0.15) is 17.2 Å². The van der Waals surface area contributed by atoms with Crippen molar-refractivity contribution in [1.29, 1.82) is 0 Å². The fourth-order valence-electron chi connectivity index (χ4n) is 4.58. The summed E-state index contributed by atoms with van der Waals surface area (Å²) in [5.41, 5.74) is 2.31. The molecule has 0 spiro atoms. The maximum absolute atomic E-state index is 13.5. The molecule has 0 radical (unpaired) electrons. The number of piperidine rings is 1. The maximum atomic E-state index is 13.5. The first-order valence-corrected chi connectivity index (χ1v) is 12.0. The highest BCUT2D eigenvalue weighted by Crippen LogP contribution is 2.33. The van der Waals surface area contributed by atoms with Crippen LogP contribution in [-0.2, 0) is 13.0 Å². The van der Waals surface area contributed by atoms with Crippen molar-refractivity contribution in [2.45, 2.75) is 32.2 Å². The smallest absolute Gasteiger partial charge is 0.254 e. The number of ether oxygens (including phenoxy) is 3. The predicted molar refractivity (Wildman–Crippen MR) is 133 cm³/mol. The highest BCUT2D eigenvalue weighted by atomic mass is 16.5. The molecule has 8 heteroatoms. The number of hydrogen-bond acceptors (Lipinski definition) is 7. The van der Waals surface area contributed by atoms with E-state index in [2.05, 4.69) is 4.90 Å². The van der Waals surface area contributed by atoms with E-state index in [1.807, 2.05) is 30.3 Å². The molecule has 0 N–H and O–H groups in total. The van der Waals surface area contributed by atoms with Gasteiger partial charge in [-0.05, 0) is 43.5 Å². The fourth-order valence-corrected chi connectivity index (χ4v) is 4.58. The first-order chi connectivity index (χ1) is 17.1. The molecule has 2 aliphatic heterocycles. The second kappa shape index (κ2) is 10.2. The van der Waals surface area contributed by atoms with Gasteiger partial charge in [0.25, 0.3) is 5.91 Å². The first kappa shape index (κ1) is 23.0. The van der Waals surface area contributed by atoms with Crippen LogP contribution in [0, 0.1) is 0 Å². The molecule has 0 aliphatic carbocycles. The lowest BCUT2D eigenvalue weighted by atomic mass is 10.0. The predicted octanol–water partition coefficient (Wildman–Crippen LogP) is 4.47. The Balaban J connectivity index is 1.47. The van der Waals surface area contributed by atoms with Crippen molar-refractivity contribution < 1.29 is 19.0 Å². The average Bonchev–Trinajstić information content (AvgIpc) is 2.93. The largest absolute Gasteiger partial charge is 0.497 e. The summed E-state index contributed by atoms with van der Waals surface area (Å²) >= 11 is 0. The molecule has 0 unspecified atom stereocenters. The van der Waals surface area contributed by atoms with E-state index in [-0.39, 0.29) is 5.91 Å². The van der Waals surface area contributed by atoms with E-state index in [1.54, 1.807) is 37.3 Å². The summed E-state index contributed by atoms with van der Waals surface area (Å²) in [5, 5.41) is 0. The van der Waals surface area contributed by atoms with Crippen LogP contribution in [0.5, 0.6) is 23.1 Å². The number of hydrogen-bond donors (Lipinski definition) is 0. The van der Waals surface area contributed by atoms with E-state index in [0.29, 0.717) is 54.2 Å². The molecular formula is C27H30N4O4. The minimum Gasteiger partial charge on any atom is -0.497 e. The third-order valence-electron chi connectivity index (χ3n) is 6.49. The number of fused-ring (bicyclic) bond motifs is 1. The van der Waals surface area contributed by atoms with Crippen molar-refractivity contribution in [3.05, 3.63) is 65.4 Å².